The first-order valence-electron chi connectivity index (χ1n) is 3.61. The van der Waals surface area contributed by atoms with Crippen molar-refractivity contribution >= 4 is 27.1 Å². The quantitative estimate of drug-likeness (QED) is 0.520. The van der Waals surface area contributed by atoms with E-state index in [1.54, 1.807) is 0 Å². The smallest absolute Gasteiger partial charge is 0.202 e. The van der Waals surface area contributed by atoms with Gasteiger partial charge in [0.25, 0.3) is 0 Å². The van der Waals surface area contributed by atoms with Gasteiger partial charge in [-0.2, -0.15) is 0 Å². The maximum absolute atomic E-state index is 11.2. The van der Waals surface area contributed by atoms with Crippen LogP contribution in [-0.2, 0) is 9.84 Å². The highest BCUT2D eigenvalue weighted by Crippen LogP contribution is 2.24. The van der Waals surface area contributed by atoms with Crippen molar-refractivity contribution < 1.29 is 13.5 Å². The number of nitrogens with two attached hydrogens (primary N) is 1. The number of nitrogen functional groups attached to an aromatic ring is 1. The zero-order chi connectivity index (χ0) is 10.8. The molecule has 0 atom stereocenters. The van der Waals surface area contributed by atoms with Crippen LogP contribution in [0.3, 0.4) is 0 Å². The molecule has 1 aromatic rings. The van der Waals surface area contributed by atoms with Crippen LogP contribution in [0.5, 0.6) is 0 Å². The third-order valence-electron chi connectivity index (χ3n) is 1.63. The van der Waals surface area contributed by atoms with E-state index in [2.05, 4.69) is 5.43 Å². The molecule has 0 spiro atoms. The van der Waals surface area contributed by atoms with Crippen LogP contribution in [0, 0.1) is 0 Å². The number of aliphatic hydroxyl groups is 1. The lowest BCUT2D eigenvalue weighted by atomic mass is 10.3. The second-order valence-corrected chi connectivity index (χ2v) is 4.90. The van der Waals surface area contributed by atoms with Crippen LogP contribution in [0.2, 0.25) is 5.02 Å². The molecule has 0 saturated heterocycles. The summed E-state index contributed by atoms with van der Waals surface area (Å²) >= 11 is 5.70. The Balaban J connectivity index is 3.22. The molecule has 78 valence electrons. The third-order valence-corrected chi connectivity index (χ3v) is 3.25. The Labute approximate surface area is 86.4 Å². The van der Waals surface area contributed by atoms with Crippen molar-refractivity contribution in [2.24, 2.45) is 5.84 Å². The Kier molecular flexibility index (Phi) is 3.33. The number of rotatable bonds is 3. The Bertz CT molecular complexity index is 433. The predicted molar refractivity (Wildman–Crippen MR) is 53.5 cm³/mol. The molecule has 0 bridgehead atoms. The van der Waals surface area contributed by atoms with Crippen molar-refractivity contribution in [3.63, 3.8) is 0 Å². The molecule has 0 aliphatic rings. The third kappa shape index (κ3) is 2.16. The average molecular weight is 237 g/mol. The van der Waals surface area contributed by atoms with E-state index >= 15 is 0 Å². The fourth-order valence-corrected chi connectivity index (χ4v) is 1.90. The van der Waals surface area contributed by atoms with Gasteiger partial charge in [0.2, 0.25) is 9.84 Å². The molecule has 4 N–H and O–H groups in total. The lowest BCUT2D eigenvalue weighted by molar-refractivity contribution is 0.358. The number of hydrazine groups is 1. The van der Waals surface area contributed by atoms with E-state index in [1.807, 2.05) is 0 Å². The summed E-state index contributed by atoms with van der Waals surface area (Å²) in [5.41, 5.74) is 2.72. The van der Waals surface area contributed by atoms with Crippen LogP contribution in [0.15, 0.2) is 23.1 Å². The highest BCUT2D eigenvalue weighted by Gasteiger charge is 2.13. The number of aliphatic hydroxyl groups excluding tert-OH is 1. The van der Waals surface area contributed by atoms with E-state index in [-0.39, 0.29) is 9.92 Å². The highest BCUT2D eigenvalue weighted by atomic mass is 35.5. The SMILES string of the molecule is NNc1ccc(S(=O)(=O)CO)cc1Cl. The zero-order valence-corrected chi connectivity index (χ0v) is 8.64. The minimum Gasteiger partial charge on any atom is -0.380 e. The van der Waals surface area contributed by atoms with Gasteiger partial charge >= 0.3 is 0 Å². The first kappa shape index (κ1) is 11.3. The molecule has 0 aromatic heterocycles. The summed E-state index contributed by atoms with van der Waals surface area (Å²) in [5, 5.41) is 8.78. The van der Waals surface area contributed by atoms with Crippen molar-refractivity contribution in [3.8, 4) is 0 Å². The van der Waals surface area contributed by atoms with Gasteiger partial charge in [0.15, 0.2) is 0 Å². The molecule has 0 fully saturated rings. The van der Waals surface area contributed by atoms with Gasteiger partial charge in [0, 0.05) is 0 Å². The molecule has 0 amide bonds. The van der Waals surface area contributed by atoms with Gasteiger partial charge in [-0.3, -0.25) is 5.84 Å². The monoisotopic (exact) mass is 236 g/mol. The number of sulfone groups is 1. The number of halogens is 1. The molecule has 0 saturated carbocycles. The van der Waals surface area contributed by atoms with Crippen molar-refractivity contribution in [2.75, 3.05) is 11.4 Å². The van der Waals surface area contributed by atoms with Gasteiger partial charge in [0.1, 0.15) is 5.94 Å². The maximum Gasteiger partial charge on any atom is 0.202 e. The molecular formula is C7H9ClN2O3S. The molecule has 0 unspecified atom stereocenters. The predicted octanol–water partition coefficient (Wildman–Crippen LogP) is 0.349. The molecule has 1 aromatic carbocycles. The minimum absolute atomic E-state index is 0.0380. The van der Waals surface area contributed by atoms with E-state index in [0.29, 0.717) is 5.69 Å². The lowest BCUT2D eigenvalue weighted by Crippen LogP contribution is -2.09. The van der Waals surface area contributed by atoms with E-state index in [0.717, 1.165) is 0 Å². The summed E-state index contributed by atoms with van der Waals surface area (Å²) in [4.78, 5) is -0.0380. The van der Waals surface area contributed by atoms with Crippen LogP contribution < -0.4 is 11.3 Å². The zero-order valence-electron chi connectivity index (χ0n) is 7.07. The van der Waals surface area contributed by atoms with E-state index in [9.17, 15) is 8.42 Å². The summed E-state index contributed by atoms with van der Waals surface area (Å²) in [5.74, 6) is 4.16. The molecule has 14 heavy (non-hydrogen) atoms. The highest BCUT2D eigenvalue weighted by molar-refractivity contribution is 7.91. The summed E-state index contributed by atoms with van der Waals surface area (Å²) in [6.45, 7) is 0. The van der Waals surface area contributed by atoms with Crippen molar-refractivity contribution in [1.82, 2.24) is 0 Å². The van der Waals surface area contributed by atoms with E-state index < -0.39 is 15.8 Å². The van der Waals surface area contributed by atoms with Gasteiger partial charge in [-0.25, -0.2) is 8.42 Å². The van der Waals surface area contributed by atoms with Crippen LogP contribution in [0.4, 0.5) is 5.69 Å². The summed E-state index contributed by atoms with van der Waals surface area (Å²) in [7, 11) is -3.64. The Morgan fingerprint density at radius 2 is 2.14 bits per heavy atom. The number of nitrogens with one attached hydrogen (secondary N) is 1. The van der Waals surface area contributed by atoms with Crippen molar-refractivity contribution in [1.29, 1.82) is 0 Å². The van der Waals surface area contributed by atoms with Gasteiger partial charge in [0.05, 0.1) is 15.6 Å². The second kappa shape index (κ2) is 4.14. The normalized spacial score (nSPS) is 11.4. The largest absolute Gasteiger partial charge is 0.380 e. The van der Waals surface area contributed by atoms with Gasteiger partial charge in [-0.1, -0.05) is 11.6 Å². The maximum atomic E-state index is 11.2. The molecule has 0 aliphatic heterocycles. The standard InChI is InChI=1S/C7H9ClN2O3S/c8-6-3-5(14(12,13)4-11)1-2-7(6)10-9/h1-3,10-11H,4,9H2. The van der Waals surface area contributed by atoms with Crippen LogP contribution in [0.25, 0.3) is 0 Å². The van der Waals surface area contributed by atoms with Gasteiger partial charge in [-0.05, 0) is 18.2 Å². The second-order valence-electron chi connectivity index (χ2n) is 2.53. The van der Waals surface area contributed by atoms with E-state index in [4.69, 9.17) is 22.6 Å². The average Bonchev–Trinajstić information content (AvgIpc) is 2.17. The summed E-state index contributed by atoms with van der Waals surface area (Å²) in [6.07, 6.45) is 0. The van der Waals surface area contributed by atoms with E-state index in [1.165, 1.54) is 18.2 Å². The first-order valence-corrected chi connectivity index (χ1v) is 5.64. The van der Waals surface area contributed by atoms with Gasteiger partial charge < -0.3 is 10.5 Å². The van der Waals surface area contributed by atoms with Crippen LogP contribution in [-0.4, -0.2) is 19.5 Å². The number of hydrogen-bond donors (Lipinski definition) is 3. The van der Waals surface area contributed by atoms with Crippen molar-refractivity contribution in [2.45, 2.75) is 4.90 Å². The molecular weight excluding hydrogens is 228 g/mol. The Morgan fingerprint density at radius 1 is 1.50 bits per heavy atom. The number of hydrogen-bond acceptors (Lipinski definition) is 5. The molecule has 0 aliphatic carbocycles. The molecule has 0 radical (unpaired) electrons. The Morgan fingerprint density at radius 3 is 2.57 bits per heavy atom. The number of anilines is 1. The first-order chi connectivity index (χ1) is 6.51. The summed E-state index contributed by atoms with van der Waals surface area (Å²) < 4.78 is 22.4. The van der Waals surface area contributed by atoms with Crippen molar-refractivity contribution in [3.05, 3.63) is 23.2 Å². The van der Waals surface area contributed by atoms with Crippen LogP contribution in [0.1, 0.15) is 0 Å². The molecule has 1 rings (SSSR count). The van der Waals surface area contributed by atoms with Gasteiger partial charge in [-0.15, -0.1) is 0 Å². The fraction of sp³-hybridized carbons (Fsp3) is 0.143. The Hall–Kier alpha value is -0.820. The molecule has 5 nitrogen and oxygen atoms in total. The molecule has 0 heterocycles. The minimum atomic E-state index is -3.64. The lowest BCUT2D eigenvalue weighted by Gasteiger charge is -2.05. The number of benzene rings is 1. The fourth-order valence-electron chi connectivity index (χ4n) is 0.881. The topological polar surface area (TPSA) is 92.4 Å². The van der Waals surface area contributed by atoms with Crippen LogP contribution >= 0.6 is 11.6 Å². The summed E-state index contributed by atoms with van der Waals surface area (Å²) in [6, 6.07) is 3.96. The molecule has 7 heteroatoms.